The fraction of sp³-hybridized carbons (Fsp3) is 0.833. The van der Waals surface area contributed by atoms with Gasteiger partial charge in [0.2, 0.25) is 0 Å². The number of thioether (sulfide) groups is 2. The SMILES string of the molecule is Cl.N[C@@H](CSCCCOCCCSC[C@H](N)C(=O)O)C(=O)O. The molecule has 0 aliphatic carbocycles. The van der Waals surface area contributed by atoms with Crippen molar-refractivity contribution in [1.29, 1.82) is 0 Å². The summed E-state index contributed by atoms with van der Waals surface area (Å²) >= 11 is 3.02. The Balaban J connectivity index is 0. The Morgan fingerprint density at radius 1 is 0.909 bits per heavy atom. The van der Waals surface area contributed by atoms with Crippen LogP contribution < -0.4 is 11.5 Å². The number of nitrogens with two attached hydrogens (primary N) is 2. The monoisotopic (exact) mass is 376 g/mol. The largest absolute Gasteiger partial charge is 0.480 e. The van der Waals surface area contributed by atoms with Crippen molar-refractivity contribution in [3.8, 4) is 0 Å². The summed E-state index contributed by atoms with van der Waals surface area (Å²) in [7, 11) is 0. The summed E-state index contributed by atoms with van der Waals surface area (Å²) in [6.45, 7) is 1.27. The molecular weight excluding hydrogens is 352 g/mol. The molecule has 0 aromatic carbocycles. The number of hydrogen-bond donors (Lipinski definition) is 4. The van der Waals surface area contributed by atoms with Crippen LogP contribution >= 0.6 is 35.9 Å². The molecule has 10 heteroatoms. The van der Waals surface area contributed by atoms with Crippen LogP contribution in [0.15, 0.2) is 0 Å². The van der Waals surface area contributed by atoms with Gasteiger partial charge in [-0.3, -0.25) is 9.59 Å². The zero-order valence-electron chi connectivity index (χ0n) is 12.3. The van der Waals surface area contributed by atoms with Crippen LogP contribution in [0.2, 0.25) is 0 Å². The third-order valence-electron chi connectivity index (χ3n) is 2.38. The molecule has 0 spiro atoms. The van der Waals surface area contributed by atoms with E-state index in [1.165, 1.54) is 23.5 Å². The summed E-state index contributed by atoms with van der Waals surface area (Å²) in [5, 5.41) is 17.2. The summed E-state index contributed by atoms with van der Waals surface area (Å²) in [5.74, 6) is 0.524. The number of carbonyl (C=O) groups is 2. The number of ether oxygens (including phenoxy) is 1. The number of aliphatic carboxylic acids is 2. The van der Waals surface area contributed by atoms with Crippen LogP contribution in [0.5, 0.6) is 0 Å². The maximum Gasteiger partial charge on any atom is 0.321 e. The second kappa shape index (κ2) is 15.7. The average molecular weight is 377 g/mol. The molecule has 0 rings (SSSR count). The predicted octanol–water partition coefficient (Wildman–Crippen LogP) is 0.495. The van der Waals surface area contributed by atoms with Crippen LogP contribution in [0.4, 0.5) is 0 Å². The van der Waals surface area contributed by atoms with Crippen LogP contribution in [-0.4, -0.2) is 70.5 Å². The van der Waals surface area contributed by atoms with Crippen molar-refractivity contribution in [3.05, 3.63) is 0 Å². The minimum atomic E-state index is -0.973. The second-order valence-corrected chi connectivity index (χ2v) is 6.66. The third kappa shape index (κ3) is 14.7. The Morgan fingerprint density at radius 2 is 1.27 bits per heavy atom. The lowest BCUT2D eigenvalue weighted by molar-refractivity contribution is -0.138. The standard InChI is InChI=1S/C12H24N2O5S2.ClH/c13-9(11(15)16)7-20-5-1-3-19-4-2-6-21-8-10(14)12(17)18;/h9-10H,1-8,13-14H2,(H,15,16)(H,17,18);1H/t9-,10-;/m0./s1. The van der Waals surface area contributed by atoms with Gasteiger partial charge >= 0.3 is 11.9 Å². The number of hydrogen-bond acceptors (Lipinski definition) is 7. The molecule has 0 aromatic rings. The average Bonchev–Trinajstić information content (AvgIpc) is 2.43. The lowest BCUT2D eigenvalue weighted by Crippen LogP contribution is -2.32. The summed E-state index contributed by atoms with van der Waals surface area (Å²) in [4.78, 5) is 20.9. The van der Waals surface area contributed by atoms with Crippen molar-refractivity contribution in [2.24, 2.45) is 11.5 Å². The van der Waals surface area contributed by atoms with Crippen molar-refractivity contribution in [1.82, 2.24) is 0 Å². The summed E-state index contributed by atoms with van der Waals surface area (Å²) in [6.07, 6.45) is 1.71. The van der Waals surface area contributed by atoms with Gasteiger partial charge in [-0.05, 0) is 24.3 Å². The predicted molar refractivity (Wildman–Crippen MR) is 93.2 cm³/mol. The minimum Gasteiger partial charge on any atom is -0.480 e. The van der Waals surface area contributed by atoms with E-state index in [1.807, 2.05) is 0 Å². The number of carboxylic acids is 2. The molecule has 7 nitrogen and oxygen atoms in total. The third-order valence-corrected chi connectivity index (χ3v) is 4.73. The molecular formula is C12H25ClN2O5S2. The highest BCUT2D eigenvalue weighted by atomic mass is 35.5. The fourth-order valence-electron chi connectivity index (χ4n) is 1.19. The van der Waals surface area contributed by atoms with Gasteiger partial charge in [0, 0.05) is 24.7 Å². The first-order valence-electron chi connectivity index (χ1n) is 6.65. The zero-order valence-corrected chi connectivity index (χ0v) is 14.8. The molecule has 2 atom stereocenters. The van der Waals surface area contributed by atoms with E-state index in [-0.39, 0.29) is 12.4 Å². The fourth-order valence-corrected chi connectivity index (χ4v) is 2.96. The van der Waals surface area contributed by atoms with E-state index in [9.17, 15) is 9.59 Å². The molecule has 0 saturated carbocycles. The van der Waals surface area contributed by atoms with Gasteiger partial charge in [0.25, 0.3) is 0 Å². The molecule has 0 fully saturated rings. The Hall–Kier alpha value is -0.190. The topological polar surface area (TPSA) is 136 Å². The normalized spacial score (nSPS) is 13.2. The Kier molecular flexibility index (Phi) is 17.2. The molecule has 0 aliphatic rings. The molecule has 0 bridgehead atoms. The number of carboxylic acid groups (broad SMARTS) is 2. The molecule has 0 aromatic heterocycles. The van der Waals surface area contributed by atoms with Gasteiger partial charge in [-0.15, -0.1) is 12.4 Å². The first-order valence-corrected chi connectivity index (χ1v) is 8.96. The molecule has 22 heavy (non-hydrogen) atoms. The number of halogens is 1. The van der Waals surface area contributed by atoms with Crippen LogP contribution in [0, 0.1) is 0 Å². The van der Waals surface area contributed by atoms with E-state index in [0.29, 0.717) is 24.7 Å². The molecule has 0 radical (unpaired) electrons. The van der Waals surface area contributed by atoms with Gasteiger partial charge in [-0.2, -0.15) is 23.5 Å². The summed E-state index contributed by atoms with van der Waals surface area (Å²) < 4.78 is 5.42. The van der Waals surface area contributed by atoms with Gasteiger partial charge in [0.1, 0.15) is 12.1 Å². The van der Waals surface area contributed by atoms with Gasteiger partial charge in [0.05, 0.1) is 0 Å². The van der Waals surface area contributed by atoms with Crippen molar-refractivity contribution in [2.75, 3.05) is 36.2 Å². The Labute approximate surface area is 145 Å². The molecule has 6 N–H and O–H groups in total. The highest BCUT2D eigenvalue weighted by molar-refractivity contribution is 7.99. The van der Waals surface area contributed by atoms with Crippen LogP contribution in [0.1, 0.15) is 12.8 Å². The van der Waals surface area contributed by atoms with Gasteiger partial charge in [-0.25, -0.2) is 0 Å². The van der Waals surface area contributed by atoms with Crippen LogP contribution in [-0.2, 0) is 14.3 Å². The second-order valence-electron chi connectivity index (χ2n) is 4.36. The Bertz CT molecular complexity index is 285. The lowest BCUT2D eigenvalue weighted by Gasteiger charge is -2.07. The molecule has 0 heterocycles. The van der Waals surface area contributed by atoms with Gasteiger partial charge < -0.3 is 26.4 Å². The molecule has 0 aliphatic heterocycles. The lowest BCUT2D eigenvalue weighted by atomic mass is 10.4. The van der Waals surface area contributed by atoms with E-state index in [4.69, 9.17) is 26.4 Å². The highest BCUT2D eigenvalue weighted by Gasteiger charge is 2.11. The van der Waals surface area contributed by atoms with E-state index in [2.05, 4.69) is 0 Å². The van der Waals surface area contributed by atoms with E-state index < -0.39 is 24.0 Å². The van der Waals surface area contributed by atoms with E-state index in [0.717, 1.165) is 24.3 Å². The number of rotatable bonds is 14. The van der Waals surface area contributed by atoms with Crippen molar-refractivity contribution in [3.63, 3.8) is 0 Å². The maximum atomic E-state index is 10.5. The van der Waals surface area contributed by atoms with Crippen molar-refractivity contribution < 1.29 is 24.5 Å². The molecule has 0 saturated heterocycles. The first-order chi connectivity index (χ1) is 9.95. The quantitative estimate of drug-likeness (QED) is 0.319. The van der Waals surface area contributed by atoms with Crippen LogP contribution in [0.25, 0.3) is 0 Å². The zero-order chi connectivity index (χ0) is 16.1. The highest BCUT2D eigenvalue weighted by Crippen LogP contribution is 2.06. The Morgan fingerprint density at radius 3 is 1.59 bits per heavy atom. The molecule has 132 valence electrons. The summed E-state index contributed by atoms with van der Waals surface area (Å²) in [6, 6.07) is -1.60. The molecule has 0 amide bonds. The van der Waals surface area contributed by atoms with Crippen LogP contribution in [0.3, 0.4) is 0 Å². The van der Waals surface area contributed by atoms with Gasteiger partial charge in [-0.1, -0.05) is 0 Å². The van der Waals surface area contributed by atoms with E-state index >= 15 is 0 Å². The summed E-state index contributed by atoms with van der Waals surface area (Å²) in [5.41, 5.74) is 10.7. The minimum absolute atomic E-state index is 0. The van der Waals surface area contributed by atoms with Crippen molar-refractivity contribution in [2.45, 2.75) is 24.9 Å². The first kappa shape index (κ1) is 24.1. The van der Waals surface area contributed by atoms with E-state index in [1.54, 1.807) is 0 Å². The van der Waals surface area contributed by atoms with Gasteiger partial charge in [0.15, 0.2) is 0 Å². The smallest absolute Gasteiger partial charge is 0.321 e. The molecule has 0 unspecified atom stereocenters. The van der Waals surface area contributed by atoms with Crippen molar-refractivity contribution >= 4 is 47.9 Å². The maximum absolute atomic E-state index is 10.5.